The van der Waals surface area contributed by atoms with Gasteiger partial charge in [0.15, 0.2) is 0 Å². The number of likely N-dealkylation sites (tertiary alicyclic amines) is 1. The van der Waals surface area contributed by atoms with Gasteiger partial charge in [0, 0.05) is 24.2 Å². The predicted molar refractivity (Wildman–Crippen MR) is 138 cm³/mol. The number of amides is 3. The van der Waals surface area contributed by atoms with E-state index in [9.17, 15) is 18.8 Å². The molecule has 36 heavy (non-hydrogen) atoms. The van der Waals surface area contributed by atoms with Crippen molar-refractivity contribution >= 4 is 45.7 Å². The number of ether oxygens (including phenoxy) is 1. The van der Waals surface area contributed by atoms with E-state index in [2.05, 4.69) is 0 Å². The van der Waals surface area contributed by atoms with E-state index in [0.717, 1.165) is 46.7 Å². The molecule has 0 aromatic heterocycles. The minimum Gasteiger partial charge on any atom is -0.488 e. The van der Waals surface area contributed by atoms with Gasteiger partial charge in [-0.1, -0.05) is 48.5 Å². The highest BCUT2D eigenvalue weighted by molar-refractivity contribution is 8.18. The first-order valence-corrected chi connectivity index (χ1v) is 12.7. The highest BCUT2D eigenvalue weighted by atomic mass is 32.2. The molecule has 0 bridgehead atoms. The van der Waals surface area contributed by atoms with E-state index in [1.54, 1.807) is 35.2 Å². The smallest absolute Gasteiger partial charge is 0.294 e. The van der Waals surface area contributed by atoms with E-state index < -0.39 is 11.1 Å². The number of nitrogens with zero attached hydrogens (tertiary/aromatic N) is 2. The van der Waals surface area contributed by atoms with Crippen molar-refractivity contribution in [2.45, 2.75) is 25.9 Å². The quantitative estimate of drug-likeness (QED) is 0.409. The summed E-state index contributed by atoms with van der Waals surface area (Å²) in [4.78, 5) is 41.5. The van der Waals surface area contributed by atoms with Crippen molar-refractivity contribution in [2.75, 3.05) is 19.6 Å². The maximum absolute atomic E-state index is 14.1. The number of piperidine rings is 1. The van der Waals surface area contributed by atoms with Gasteiger partial charge in [0.1, 0.15) is 24.7 Å². The lowest BCUT2D eigenvalue weighted by atomic mass is 10.0. The molecule has 3 aromatic carbocycles. The fraction of sp³-hybridized carbons (Fsp3) is 0.250. The molecule has 0 atom stereocenters. The molecule has 0 spiro atoms. The Morgan fingerprint density at radius 1 is 0.972 bits per heavy atom. The maximum Gasteiger partial charge on any atom is 0.294 e. The molecule has 6 nitrogen and oxygen atoms in total. The Morgan fingerprint density at radius 3 is 2.53 bits per heavy atom. The van der Waals surface area contributed by atoms with Crippen LogP contribution in [0.5, 0.6) is 5.75 Å². The van der Waals surface area contributed by atoms with Crippen molar-refractivity contribution < 1.29 is 23.5 Å². The summed E-state index contributed by atoms with van der Waals surface area (Å²) in [6.45, 7) is 1.07. The molecule has 0 unspecified atom stereocenters. The SMILES string of the molecule is O=C(CN1C(=O)S/C(=C\c2c(OCc3ccccc3F)ccc3ccccc23)C1=O)N1CCCCC1. The molecule has 0 radical (unpaired) electrons. The van der Waals surface area contributed by atoms with Crippen LogP contribution in [0.25, 0.3) is 16.8 Å². The summed E-state index contributed by atoms with van der Waals surface area (Å²) >= 11 is 0.812. The van der Waals surface area contributed by atoms with Gasteiger partial charge in [-0.2, -0.15) is 0 Å². The van der Waals surface area contributed by atoms with Crippen LogP contribution in [0, 0.1) is 5.82 Å². The minimum absolute atomic E-state index is 0.0116. The molecule has 0 aliphatic carbocycles. The van der Waals surface area contributed by atoms with Crippen LogP contribution in [0.2, 0.25) is 0 Å². The summed E-state index contributed by atoms with van der Waals surface area (Å²) in [6, 6.07) is 17.7. The van der Waals surface area contributed by atoms with Crippen LogP contribution in [0.1, 0.15) is 30.4 Å². The molecular formula is C28H25FN2O4S. The zero-order valence-corrected chi connectivity index (χ0v) is 20.4. The Labute approximate surface area is 212 Å². The third-order valence-corrected chi connectivity index (χ3v) is 7.33. The van der Waals surface area contributed by atoms with Crippen LogP contribution in [-0.2, 0) is 16.2 Å². The number of hydrogen-bond donors (Lipinski definition) is 0. The normalized spacial score (nSPS) is 17.3. The number of hydrogen-bond acceptors (Lipinski definition) is 5. The number of carbonyl (C=O) groups is 3. The van der Waals surface area contributed by atoms with Gasteiger partial charge >= 0.3 is 0 Å². The maximum atomic E-state index is 14.1. The second-order valence-corrected chi connectivity index (χ2v) is 9.78. The van der Waals surface area contributed by atoms with Crippen LogP contribution in [0.15, 0.2) is 65.6 Å². The molecule has 2 saturated heterocycles. The Morgan fingerprint density at radius 2 is 1.72 bits per heavy atom. The average Bonchev–Trinajstić information content (AvgIpc) is 3.16. The number of thioether (sulfide) groups is 1. The largest absolute Gasteiger partial charge is 0.488 e. The Balaban J connectivity index is 1.43. The topological polar surface area (TPSA) is 66.9 Å². The lowest BCUT2D eigenvalue weighted by Crippen LogP contribution is -2.44. The summed E-state index contributed by atoms with van der Waals surface area (Å²) < 4.78 is 20.1. The van der Waals surface area contributed by atoms with Gasteiger partial charge in [-0.15, -0.1) is 0 Å². The molecule has 2 aliphatic heterocycles. The highest BCUT2D eigenvalue weighted by Gasteiger charge is 2.37. The first-order valence-electron chi connectivity index (χ1n) is 11.9. The third kappa shape index (κ3) is 4.99. The monoisotopic (exact) mass is 504 g/mol. The van der Waals surface area contributed by atoms with Crippen molar-refractivity contribution in [3.8, 4) is 5.75 Å². The zero-order valence-electron chi connectivity index (χ0n) is 19.6. The van der Waals surface area contributed by atoms with Gasteiger partial charge < -0.3 is 9.64 Å². The number of halogens is 1. The summed E-state index contributed by atoms with van der Waals surface area (Å²) in [7, 11) is 0. The number of benzene rings is 3. The number of carbonyl (C=O) groups excluding carboxylic acids is 3. The van der Waals surface area contributed by atoms with E-state index in [4.69, 9.17) is 4.74 Å². The molecule has 5 rings (SSSR count). The zero-order chi connectivity index (χ0) is 25.1. The molecule has 184 valence electrons. The van der Waals surface area contributed by atoms with Crippen LogP contribution in [-0.4, -0.2) is 46.5 Å². The summed E-state index contributed by atoms with van der Waals surface area (Å²) in [5.74, 6) is -0.604. The van der Waals surface area contributed by atoms with Crippen LogP contribution >= 0.6 is 11.8 Å². The van der Waals surface area contributed by atoms with E-state index in [0.29, 0.717) is 30.0 Å². The number of fused-ring (bicyclic) bond motifs is 1. The molecule has 0 saturated carbocycles. The molecule has 8 heteroatoms. The number of imide groups is 1. The molecular weight excluding hydrogens is 479 g/mol. The van der Waals surface area contributed by atoms with Crippen molar-refractivity contribution in [1.29, 1.82) is 0 Å². The van der Waals surface area contributed by atoms with Gasteiger partial charge in [0.25, 0.3) is 11.1 Å². The summed E-state index contributed by atoms with van der Waals surface area (Å²) in [5, 5.41) is 1.30. The minimum atomic E-state index is -0.497. The standard InChI is InChI=1S/C28H25FN2O4S/c29-23-11-5-3-9-20(23)18-35-24-13-12-19-8-2-4-10-21(19)22(24)16-25-27(33)31(28(34)36-25)17-26(32)30-14-6-1-7-15-30/h2-5,8-13,16H,1,6-7,14-15,17-18H2/b25-16-. The Kier molecular flexibility index (Phi) is 7.04. The molecule has 3 amide bonds. The molecule has 2 heterocycles. The van der Waals surface area contributed by atoms with E-state index in [-0.39, 0.29) is 29.8 Å². The van der Waals surface area contributed by atoms with Crippen LogP contribution in [0.3, 0.4) is 0 Å². The lowest BCUT2D eigenvalue weighted by Gasteiger charge is -2.27. The van der Waals surface area contributed by atoms with E-state index in [1.807, 2.05) is 30.3 Å². The van der Waals surface area contributed by atoms with Gasteiger partial charge in [-0.3, -0.25) is 19.3 Å². The van der Waals surface area contributed by atoms with Gasteiger partial charge in [0.05, 0.1) is 4.91 Å². The summed E-state index contributed by atoms with van der Waals surface area (Å²) in [6.07, 6.45) is 4.59. The first-order chi connectivity index (χ1) is 17.5. The third-order valence-electron chi connectivity index (χ3n) is 6.42. The summed E-state index contributed by atoms with van der Waals surface area (Å²) in [5.41, 5.74) is 1.03. The lowest BCUT2D eigenvalue weighted by molar-refractivity contribution is -0.136. The van der Waals surface area contributed by atoms with Crippen molar-refractivity contribution in [1.82, 2.24) is 9.80 Å². The molecule has 0 N–H and O–H groups in total. The van der Waals surface area contributed by atoms with Crippen molar-refractivity contribution in [3.63, 3.8) is 0 Å². The molecule has 2 aliphatic rings. The Bertz CT molecular complexity index is 1370. The second-order valence-electron chi connectivity index (χ2n) is 8.79. The van der Waals surface area contributed by atoms with Gasteiger partial charge in [0.2, 0.25) is 5.91 Å². The van der Waals surface area contributed by atoms with Gasteiger partial charge in [-0.05, 0) is 60.0 Å². The van der Waals surface area contributed by atoms with Crippen LogP contribution in [0.4, 0.5) is 9.18 Å². The van der Waals surface area contributed by atoms with E-state index >= 15 is 0 Å². The van der Waals surface area contributed by atoms with Crippen molar-refractivity contribution in [2.24, 2.45) is 0 Å². The second kappa shape index (κ2) is 10.5. The Hall–Kier alpha value is -3.65. The fourth-order valence-corrected chi connectivity index (χ4v) is 5.29. The highest BCUT2D eigenvalue weighted by Crippen LogP contribution is 2.37. The van der Waals surface area contributed by atoms with E-state index in [1.165, 1.54) is 6.07 Å². The van der Waals surface area contributed by atoms with Crippen LogP contribution < -0.4 is 4.74 Å². The molecule has 3 aromatic rings. The van der Waals surface area contributed by atoms with Crippen molar-refractivity contribution in [3.05, 3.63) is 82.5 Å². The predicted octanol–water partition coefficient (Wildman–Crippen LogP) is 5.61. The average molecular weight is 505 g/mol. The molecule has 2 fully saturated rings. The fourth-order valence-electron chi connectivity index (χ4n) is 4.47. The first kappa shape index (κ1) is 24.1. The van der Waals surface area contributed by atoms with Gasteiger partial charge in [-0.25, -0.2) is 4.39 Å². The number of rotatable bonds is 6.